The predicted molar refractivity (Wildman–Crippen MR) is 88.7 cm³/mol. The topological polar surface area (TPSA) is 84.3 Å². The van der Waals surface area contributed by atoms with Crippen LogP contribution in [0.2, 0.25) is 0 Å². The number of aliphatic hydroxyl groups is 1. The minimum absolute atomic E-state index is 0.0428. The first kappa shape index (κ1) is 17.5. The van der Waals surface area contributed by atoms with Gasteiger partial charge in [0.05, 0.1) is 6.10 Å². The van der Waals surface area contributed by atoms with Crippen LogP contribution >= 0.6 is 0 Å². The number of hydrogen-bond acceptors (Lipinski definition) is 4. The Labute approximate surface area is 143 Å². The van der Waals surface area contributed by atoms with Crippen LogP contribution in [0.25, 0.3) is 0 Å². The fourth-order valence-corrected chi connectivity index (χ4v) is 4.12. The van der Waals surface area contributed by atoms with E-state index in [9.17, 15) is 19.8 Å². The van der Waals surface area contributed by atoms with Crippen LogP contribution in [-0.4, -0.2) is 88.3 Å². The Morgan fingerprint density at radius 2 is 1.96 bits per heavy atom. The van der Waals surface area contributed by atoms with E-state index in [-0.39, 0.29) is 36.4 Å². The monoisotopic (exact) mass is 339 g/mol. The van der Waals surface area contributed by atoms with Gasteiger partial charge in [0.15, 0.2) is 0 Å². The Balaban J connectivity index is 1.44. The number of carbonyl (C=O) groups excluding carboxylic acids is 1. The molecular formula is C17H29N3O4. The van der Waals surface area contributed by atoms with Gasteiger partial charge in [0.25, 0.3) is 0 Å². The molecule has 2 heterocycles. The lowest BCUT2D eigenvalue weighted by Crippen LogP contribution is -2.46. The van der Waals surface area contributed by atoms with Crippen LogP contribution < -0.4 is 0 Å². The van der Waals surface area contributed by atoms with Crippen LogP contribution in [0.15, 0.2) is 0 Å². The van der Waals surface area contributed by atoms with Crippen LogP contribution in [0.3, 0.4) is 0 Å². The molecule has 7 nitrogen and oxygen atoms in total. The Bertz CT molecular complexity index is 494. The van der Waals surface area contributed by atoms with Gasteiger partial charge >= 0.3 is 6.09 Å². The fraction of sp³-hybridized carbons (Fsp3) is 0.882. The molecule has 1 saturated carbocycles. The molecule has 0 aromatic rings. The van der Waals surface area contributed by atoms with Gasteiger partial charge in [-0.25, -0.2) is 4.79 Å². The second-order valence-corrected chi connectivity index (χ2v) is 7.70. The number of piperidine rings is 1. The van der Waals surface area contributed by atoms with Gasteiger partial charge in [-0.15, -0.1) is 0 Å². The maximum Gasteiger partial charge on any atom is 0.407 e. The summed E-state index contributed by atoms with van der Waals surface area (Å²) in [6.45, 7) is 5.94. The van der Waals surface area contributed by atoms with E-state index in [1.54, 1.807) is 4.90 Å². The fourth-order valence-electron chi connectivity index (χ4n) is 4.12. The minimum atomic E-state index is -0.951. The highest BCUT2D eigenvalue weighted by Gasteiger charge is 2.51. The number of aliphatic hydroxyl groups excluding tert-OH is 1. The minimum Gasteiger partial charge on any atom is -0.465 e. The highest BCUT2D eigenvalue weighted by Crippen LogP contribution is 2.53. The largest absolute Gasteiger partial charge is 0.465 e. The Kier molecular flexibility index (Phi) is 5.01. The van der Waals surface area contributed by atoms with E-state index in [0.717, 1.165) is 32.5 Å². The zero-order valence-corrected chi connectivity index (χ0v) is 14.5. The number of β-amino-alcohol motifs (C(OH)–C–C–N with tert-alkyl or cyclic N) is 1. The van der Waals surface area contributed by atoms with E-state index in [1.165, 1.54) is 17.7 Å². The second-order valence-electron chi connectivity index (χ2n) is 7.70. The molecule has 3 aliphatic rings. The van der Waals surface area contributed by atoms with Crippen molar-refractivity contribution in [2.75, 3.05) is 39.3 Å². The van der Waals surface area contributed by atoms with Crippen molar-refractivity contribution in [3.8, 4) is 0 Å². The first-order valence-electron chi connectivity index (χ1n) is 9.09. The molecule has 0 aromatic carbocycles. The summed E-state index contributed by atoms with van der Waals surface area (Å²) >= 11 is 0. The summed E-state index contributed by atoms with van der Waals surface area (Å²) < 4.78 is 0. The smallest absolute Gasteiger partial charge is 0.407 e. The first-order valence-corrected chi connectivity index (χ1v) is 9.09. The van der Waals surface area contributed by atoms with Gasteiger partial charge in [-0.3, -0.25) is 4.79 Å². The third-order valence-corrected chi connectivity index (χ3v) is 6.04. The Hall–Kier alpha value is -1.34. The summed E-state index contributed by atoms with van der Waals surface area (Å²) in [7, 11) is 0. The summed E-state index contributed by atoms with van der Waals surface area (Å²) in [5.41, 5.74) is 0.229. The molecule has 0 radical (unpaired) electrons. The van der Waals surface area contributed by atoms with Crippen molar-refractivity contribution in [2.45, 2.75) is 51.2 Å². The zero-order valence-electron chi connectivity index (χ0n) is 14.5. The third-order valence-electron chi connectivity index (χ3n) is 6.04. The van der Waals surface area contributed by atoms with Crippen LogP contribution in [0.4, 0.5) is 4.79 Å². The zero-order chi connectivity index (χ0) is 17.3. The van der Waals surface area contributed by atoms with E-state index in [2.05, 4.69) is 4.90 Å². The Morgan fingerprint density at radius 1 is 1.21 bits per heavy atom. The van der Waals surface area contributed by atoms with Crippen molar-refractivity contribution >= 4 is 12.0 Å². The second kappa shape index (κ2) is 6.88. The molecule has 0 bridgehead atoms. The molecule has 0 aromatic heterocycles. The molecule has 1 spiro atoms. The molecule has 2 amide bonds. The molecule has 24 heavy (non-hydrogen) atoms. The van der Waals surface area contributed by atoms with Gasteiger partial charge < -0.3 is 24.9 Å². The van der Waals surface area contributed by atoms with Crippen molar-refractivity contribution in [1.29, 1.82) is 0 Å². The lowest BCUT2D eigenvalue weighted by molar-refractivity contribution is -0.130. The number of nitrogens with zero attached hydrogens (tertiary/aromatic N) is 3. The van der Waals surface area contributed by atoms with Crippen molar-refractivity contribution in [3.63, 3.8) is 0 Å². The molecule has 2 N–H and O–H groups in total. The average molecular weight is 339 g/mol. The maximum atomic E-state index is 12.2. The highest BCUT2D eigenvalue weighted by molar-refractivity contribution is 5.78. The van der Waals surface area contributed by atoms with Gasteiger partial charge in [0, 0.05) is 38.6 Å². The molecule has 2 saturated heterocycles. The van der Waals surface area contributed by atoms with Gasteiger partial charge in [-0.05, 0) is 51.1 Å². The quantitative estimate of drug-likeness (QED) is 0.792. The molecule has 3 rings (SSSR count). The SMILES string of the molecule is C[C@@H]1CN(CCCN2CCC3(CC3)[C@H](O)C2)C(=O)CCN1C(=O)O. The molecule has 2 aliphatic heterocycles. The number of rotatable bonds is 4. The van der Waals surface area contributed by atoms with Crippen molar-refractivity contribution in [2.24, 2.45) is 5.41 Å². The standard InChI is InChI=1S/C17H29N3O4/c1-13-11-19(15(22)3-9-20(13)16(23)24)8-2-7-18-10-6-17(4-5-17)14(21)12-18/h13-14,21H,2-12H2,1H3,(H,23,24)/t13-,14-/m1/s1. The van der Waals surface area contributed by atoms with Crippen molar-refractivity contribution in [1.82, 2.24) is 14.7 Å². The molecular weight excluding hydrogens is 310 g/mol. The normalized spacial score (nSPS) is 30.5. The van der Waals surface area contributed by atoms with Crippen molar-refractivity contribution < 1.29 is 19.8 Å². The van der Waals surface area contributed by atoms with E-state index in [4.69, 9.17) is 0 Å². The molecule has 7 heteroatoms. The number of hydrogen-bond donors (Lipinski definition) is 2. The van der Waals surface area contributed by atoms with Gasteiger partial charge in [-0.2, -0.15) is 0 Å². The maximum absolute atomic E-state index is 12.2. The summed E-state index contributed by atoms with van der Waals surface area (Å²) in [4.78, 5) is 28.9. The molecule has 3 fully saturated rings. The summed E-state index contributed by atoms with van der Waals surface area (Å²) in [5.74, 6) is 0.0428. The molecule has 2 atom stereocenters. The summed E-state index contributed by atoms with van der Waals surface area (Å²) in [6.07, 6.45) is 3.40. The van der Waals surface area contributed by atoms with E-state index in [0.29, 0.717) is 13.1 Å². The number of carboxylic acid groups (broad SMARTS) is 1. The average Bonchev–Trinajstić information content (AvgIpc) is 3.31. The molecule has 1 aliphatic carbocycles. The summed E-state index contributed by atoms with van der Waals surface area (Å²) in [6, 6.07) is -0.166. The summed E-state index contributed by atoms with van der Waals surface area (Å²) in [5, 5.41) is 19.4. The van der Waals surface area contributed by atoms with Crippen LogP contribution in [0, 0.1) is 5.41 Å². The van der Waals surface area contributed by atoms with Gasteiger partial charge in [0.1, 0.15) is 0 Å². The van der Waals surface area contributed by atoms with Crippen molar-refractivity contribution in [3.05, 3.63) is 0 Å². The number of carbonyl (C=O) groups is 2. The van der Waals surface area contributed by atoms with Crippen LogP contribution in [0.5, 0.6) is 0 Å². The lowest BCUT2D eigenvalue weighted by atomic mass is 9.90. The number of likely N-dealkylation sites (tertiary alicyclic amines) is 1. The lowest BCUT2D eigenvalue weighted by Gasteiger charge is -2.36. The van der Waals surface area contributed by atoms with Crippen LogP contribution in [0.1, 0.15) is 39.0 Å². The van der Waals surface area contributed by atoms with E-state index in [1.807, 2.05) is 6.92 Å². The first-order chi connectivity index (χ1) is 11.4. The third kappa shape index (κ3) is 3.67. The van der Waals surface area contributed by atoms with Gasteiger partial charge in [0.2, 0.25) is 5.91 Å². The van der Waals surface area contributed by atoms with Crippen LogP contribution in [-0.2, 0) is 4.79 Å². The van der Waals surface area contributed by atoms with E-state index >= 15 is 0 Å². The van der Waals surface area contributed by atoms with E-state index < -0.39 is 6.09 Å². The molecule has 0 unspecified atom stereocenters. The number of amides is 2. The highest BCUT2D eigenvalue weighted by atomic mass is 16.4. The molecule has 136 valence electrons. The van der Waals surface area contributed by atoms with Gasteiger partial charge in [-0.1, -0.05) is 0 Å². The Morgan fingerprint density at radius 3 is 2.58 bits per heavy atom. The predicted octanol–water partition coefficient (Wildman–Crippen LogP) is 0.824.